The average Bonchev–Trinajstić information content (AvgIpc) is 3.04. The topological polar surface area (TPSA) is 56.9 Å². The van der Waals surface area contributed by atoms with E-state index >= 15 is 0 Å². The van der Waals surface area contributed by atoms with Crippen molar-refractivity contribution in [1.82, 2.24) is 19.3 Å². The standard InChI is InChI=1S/C14H23N5O/c1-12-10-19(13(2)11-18-8-4-7-16-18)14(17-12)15-6-5-9-20-3/h4,7-8,10,13H,5-6,9,11H2,1-3H3,(H,15,17). The summed E-state index contributed by atoms with van der Waals surface area (Å²) in [6, 6.07) is 2.23. The van der Waals surface area contributed by atoms with Gasteiger partial charge in [-0.15, -0.1) is 0 Å². The molecule has 6 nitrogen and oxygen atoms in total. The van der Waals surface area contributed by atoms with Crippen LogP contribution in [0.5, 0.6) is 0 Å². The Kier molecular flexibility index (Phi) is 5.17. The molecule has 1 atom stereocenters. The highest BCUT2D eigenvalue weighted by Crippen LogP contribution is 2.17. The molecule has 0 saturated carbocycles. The van der Waals surface area contributed by atoms with Crippen LogP contribution < -0.4 is 5.32 Å². The minimum Gasteiger partial charge on any atom is -0.385 e. The molecule has 2 aromatic rings. The lowest BCUT2D eigenvalue weighted by molar-refractivity contribution is 0.197. The van der Waals surface area contributed by atoms with Crippen molar-refractivity contribution in [1.29, 1.82) is 0 Å². The fourth-order valence-corrected chi connectivity index (χ4v) is 2.17. The number of aromatic nitrogens is 4. The quantitative estimate of drug-likeness (QED) is 0.751. The van der Waals surface area contributed by atoms with Crippen molar-refractivity contribution in [2.75, 3.05) is 25.6 Å². The van der Waals surface area contributed by atoms with Gasteiger partial charge < -0.3 is 14.6 Å². The number of nitrogens with zero attached hydrogens (tertiary/aromatic N) is 4. The molecule has 20 heavy (non-hydrogen) atoms. The summed E-state index contributed by atoms with van der Waals surface area (Å²) >= 11 is 0. The lowest BCUT2D eigenvalue weighted by Gasteiger charge is -2.17. The zero-order valence-corrected chi connectivity index (χ0v) is 12.4. The predicted molar refractivity (Wildman–Crippen MR) is 78.9 cm³/mol. The van der Waals surface area contributed by atoms with Crippen molar-refractivity contribution < 1.29 is 4.74 Å². The summed E-state index contributed by atoms with van der Waals surface area (Å²) in [5.74, 6) is 0.915. The molecule has 0 spiro atoms. The fraction of sp³-hybridized carbons (Fsp3) is 0.571. The molecule has 0 amide bonds. The van der Waals surface area contributed by atoms with Gasteiger partial charge in [0.1, 0.15) is 0 Å². The molecule has 6 heteroatoms. The average molecular weight is 277 g/mol. The lowest BCUT2D eigenvalue weighted by atomic mass is 10.3. The number of imidazole rings is 1. The van der Waals surface area contributed by atoms with Crippen molar-refractivity contribution in [3.63, 3.8) is 0 Å². The number of nitrogens with one attached hydrogen (secondary N) is 1. The summed E-state index contributed by atoms with van der Waals surface area (Å²) < 4.78 is 9.16. The van der Waals surface area contributed by atoms with Gasteiger partial charge in [0.25, 0.3) is 0 Å². The Morgan fingerprint density at radius 1 is 1.45 bits per heavy atom. The van der Waals surface area contributed by atoms with Gasteiger partial charge in [0.15, 0.2) is 0 Å². The summed E-state index contributed by atoms with van der Waals surface area (Å²) in [5, 5.41) is 7.62. The molecule has 1 unspecified atom stereocenters. The van der Waals surface area contributed by atoms with Gasteiger partial charge in [-0.05, 0) is 26.3 Å². The first-order valence-corrected chi connectivity index (χ1v) is 6.96. The molecular weight excluding hydrogens is 254 g/mol. The molecule has 0 fully saturated rings. The van der Waals surface area contributed by atoms with E-state index in [0.717, 1.165) is 37.8 Å². The molecule has 110 valence electrons. The van der Waals surface area contributed by atoms with E-state index in [1.165, 1.54) is 0 Å². The van der Waals surface area contributed by atoms with Gasteiger partial charge in [-0.1, -0.05) is 0 Å². The van der Waals surface area contributed by atoms with Gasteiger partial charge in [0, 0.05) is 38.9 Å². The van der Waals surface area contributed by atoms with Crippen molar-refractivity contribution >= 4 is 5.95 Å². The molecule has 0 aliphatic heterocycles. The minimum absolute atomic E-state index is 0.293. The number of hydrogen-bond acceptors (Lipinski definition) is 4. The molecule has 2 rings (SSSR count). The van der Waals surface area contributed by atoms with Crippen LogP contribution in [0.4, 0.5) is 5.95 Å². The zero-order chi connectivity index (χ0) is 14.4. The Bertz CT molecular complexity index is 506. The molecule has 0 saturated heterocycles. The van der Waals surface area contributed by atoms with Gasteiger partial charge >= 0.3 is 0 Å². The second-order valence-corrected chi connectivity index (χ2v) is 4.96. The predicted octanol–water partition coefficient (Wildman–Crippen LogP) is 2.10. The van der Waals surface area contributed by atoms with Gasteiger partial charge in [-0.2, -0.15) is 5.10 Å². The number of rotatable bonds is 8. The maximum absolute atomic E-state index is 5.05. The van der Waals surface area contributed by atoms with Crippen LogP contribution in [-0.2, 0) is 11.3 Å². The first-order chi connectivity index (χ1) is 9.70. The number of ether oxygens (including phenoxy) is 1. The molecule has 2 heterocycles. The second kappa shape index (κ2) is 7.09. The third kappa shape index (κ3) is 3.84. The summed E-state index contributed by atoms with van der Waals surface area (Å²) in [6.45, 7) is 6.63. The molecule has 2 aromatic heterocycles. The Morgan fingerprint density at radius 2 is 2.30 bits per heavy atom. The highest BCUT2D eigenvalue weighted by atomic mass is 16.5. The van der Waals surface area contributed by atoms with Crippen molar-refractivity contribution in [3.05, 3.63) is 30.4 Å². The fourth-order valence-electron chi connectivity index (χ4n) is 2.17. The van der Waals surface area contributed by atoms with Crippen molar-refractivity contribution in [2.45, 2.75) is 32.9 Å². The Balaban J connectivity index is 1.98. The van der Waals surface area contributed by atoms with Crippen LogP contribution in [0.15, 0.2) is 24.7 Å². The number of anilines is 1. The smallest absolute Gasteiger partial charge is 0.203 e. The molecule has 1 N–H and O–H groups in total. The SMILES string of the molecule is COCCCNc1nc(C)cn1C(C)Cn1cccn1. The van der Waals surface area contributed by atoms with Crippen LogP contribution in [0.1, 0.15) is 25.1 Å². The van der Waals surface area contributed by atoms with Gasteiger partial charge in [0.2, 0.25) is 5.95 Å². The number of aryl methyl sites for hydroxylation is 1. The van der Waals surface area contributed by atoms with Gasteiger partial charge in [-0.3, -0.25) is 4.68 Å². The van der Waals surface area contributed by atoms with E-state index in [2.05, 4.69) is 33.1 Å². The van der Waals surface area contributed by atoms with Gasteiger partial charge in [0.05, 0.1) is 18.3 Å². The van der Waals surface area contributed by atoms with E-state index in [9.17, 15) is 0 Å². The van der Waals surface area contributed by atoms with E-state index in [0.29, 0.717) is 6.04 Å². The van der Waals surface area contributed by atoms with E-state index in [1.807, 2.05) is 23.9 Å². The van der Waals surface area contributed by atoms with Crippen molar-refractivity contribution in [3.8, 4) is 0 Å². The molecule has 0 radical (unpaired) electrons. The van der Waals surface area contributed by atoms with E-state index < -0.39 is 0 Å². The van der Waals surface area contributed by atoms with Crippen LogP contribution in [0.3, 0.4) is 0 Å². The zero-order valence-electron chi connectivity index (χ0n) is 12.4. The maximum Gasteiger partial charge on any atom is 0.203 e. The Labute approximate surface area is 119 Å². The highest BCUT2D eigenvalue weighted by Gasteiger charge is 2.12. The normalized spacial score (nSPS) is 12.6. The monoisotopic (exact) mass is 277 g/mol. The molecule has 0 bridgehead atoms. The van der Waals surface area contributed by atoms with E-state index in [-0.39, 0.29) is 0 Å². The summed E-state index contributed by atoms with van der Waals surface area (Å²) in [7, 11) is 1.72. The Hall–Kier alpha value is -1.82. The van der Waals surface area contributed by atoms with Crippen LogP contribution in [-0.4, -0.2) is 39.6 Å². The van der Waals surface area contributed by atoms with E-state index in [4.69, 9.17) is 4.74 Å². The Morgan fingerprint density at radius 3 is 3.00 bits per heavy atom. The van der Waals surface area contributed by atoms with Gasteiger partial charge in [-0.25, -0.2) is 4.98 Å². The largest absolute Gasteiger partial charge is 0.385 e. The maximum atomic E-state index is 5.05. The molecular formula is C14H23N5O. The van der Waals surface area contributed by atoms with Crippen molar-refractivity contribution in [2.24, 2.45) is 0 Å². The van der Waals surface area contributed by atoms with E-state index in [1.54, 1.807) is 13.3 Å². The summed E-state index contributed by atoms with van der Waals surface area (Å²) in [5.41, 5.74) is 1.02. The third-order valence-electron chi connectivity index (χ3n) is 3.15. The third-order valence-corrected chi connectivity index (χ3v) is 3.15. The highest BCUT2D eigenvalue weighted by molar-refractivity contribution is 5.29. The van der Waals surface area contributed by atoms with Crippen LogP contribution in [0.2, 0.25) is 0 Å². The summed E-state index contributed by atoms with van der Waals surface area (Å²) in [6.07, 6.45) is 6.82. The molecule has 0 aliphatic carbocycles. The number of hydrogen-bond donors (Lipinski definition) is 1. The molecule has 0 aliphatic rings. The van der Waals surface area contributed by atoms with Crippen LogP contribution in [0.25, 0.3) is 0 Å². The van der Waals surface area contributed by atoms with Crippen LogP contribution >= 0.6 is 0 Å². The first kappa shape index (κ1) is 14.6. The lowest BCUT2D eigenvalue weighted by Crippen LogP contribution is -2.16. The second-order valence-electron chi connectivity index (χ2n) is 4.96. The number of methoxy groups -OCH3 is 1. The van der Waals surface area contributed by atoms with Crippen LogP contribution in [0, 0.1) is 6.92 Å². The first-order valence-electron chi connectivity index (χ1n) is 6.96. The molecule has 0 aromatic carbocycles. The minimum atomic E-state index is 0.293. The summed E-state index contributed by atoms with van der Waals surface area (Å²) in [4.78, 5) is 4.54.